The molecule has 7 nitrogen and oxygen atoms in total. The monoisotopic (exact) mass is 522 g/mol. The number of nitrogens with zero attached hydrogens (tertiary/aromatic N) is 1. The van der Waals surface area contributed by atoms with Crippen LogP contribution in [0.4, 0.5) is 14.0 Å². The second-order valence-electron chi connectivity index (χ2n) is 9.08. The topological polar surface area (TPSA) is 84.9 Å². The van der Waals surface area contributed by atoms with Gasteiger partial charge in [0, 0.05) is 17.6 Å². The third-order valence-electron chi connectivity index (χ3n) is 3.54. The van der Waals surface area contributed by atoms with Gasteiger partial charge in [0.05, 0.1) is 16.6 Å². The number of halogens is 3. The van der Waals surface area contributed by atoms with E-state index >= 15 is 0 Å². The maximum atomic E-state index is 14.4. The van der Waals surface area contributed by atoms with Crippen LogP contribution in [-0.4, -0.2) is 53.2 Å². The highest BCUT2D eigenvalue weighted by Crippen LogP contribution is 2.25. The summed E-state index contributed by atoms with van der Waals surface area (Å²) in [7, 11) is 0. The predicted octanol–water partition coefficient (Wildman–Crippen LogP) is 5.57. The van der Waals surface area contributed by atoms with Crippen LogP contribution in [0.15, 0.2) is 16.6 Å². The number of ether oxygens (including phenoxy) is 2. The van der Waals surface area contributed by atoms with Gasteiger partial charge < -0.3 is 14.8 Å². The van der Waals surface area contributed by atoms with Crippen molar-refractivity contribution >= 4 is 45.5 Å². The molecule has 0 saturated carbocycles. The van der Waals surface area contributed by atoms with Crippen LogP contribution in [0.2, 0.25) is 5.02 Å². The van der Waals surface area contributed by atoms with Crippen LogP contribution < -0.4 is 5.32 Å². The minimum Gasteiger partial charge on any atom is -0.444 e. The lowest BCUT2D eigenvalue weighted by atomic mass is 10.1. The minimum atomic E-state index is -0.815. The van der Waals surface area contributed by atoms with Crippen LogP contribution in [0.3, 0.4) is 0 Å². The molecule has 0 unspecified atom stereocenters. The molecule has 0 aromatic heterocycles. The van der Waals surface area contributed by atoms with Crippen molar-refractivity contribution in [1.82, 2.24) is 10.2 Å². The van der Waals surface area contributed by atoms with Gasteiger partial charge in [-0.25, -0.2) is 14.0 Å². The average Bonchev–Trinajstić information content (AvgIpc) is 2.53. The summed E-state index contributed by atoms with van der Waals surface area (Å²) in [4.78, 5) is 38.5. The van der Waals surface area contributed by atoms with Gasteiger partial charge in [0.2, 0.25) is 0 Å². The Kier molecular flexibility index (Phi) is 9.32. The van der Waals surface area contributed by atoms with Gasteiger partial charge >= 0.3 is 12.2 Å². The van der Waals surface area contributed by atoms with Crippen LogP contribution in [-0.2, 0) is 9.47 Å². The Labute approximate surface area is 195 Å². The standard InChI is InChI=1S/C21H29BrClFN2O5/c1-12(25-18(28)30-20(2,3)4)10-26(19(29)31-21(5,6)7)11-16(27)14-8-13(23)9-15(22)17(14)24/h8-9,12H,10-11H2,1-7H3,(H,25,28)/t12-/m1/s1. The van der Waals surface area contributed by atoms with Crippen molar-refractivity contribution in [3.63, 3.8) is 0 Å². The molecule has 0 aliphatic rings. The average molecular weight is 524 g/mol. The molecule has 0 saturated heterocycles. The first-order valence-electron chi connectivity index (χ1n) is 9.63. The largest absolute Gasteiger partial charge is 0.444 e. The Morgan fingerprint density at radius 1 is 1.13 bits per heavy atom. The molecule has 1 rings (SSSR count). The normalized spacial score (nSPS) is 12.7. The van der Waals surface area contributed by atoms with Crippen LogP contribution in [0, 0.1) is 5.82 Å². The summed E-state index contributed by atoms with van der Waals surface area (Å²) < 4.78 is 25.0. The van der Waals surface area contributed by atoms with E-state index in [1.54, 1.807) is 48.5 Å². The molecule has 0 radical (unpaired) electrons. The van der Waals surface area contributed by atoms with Gasteiger partial charge in [-0.3, -0.25) is 9.69 Å². The van der Waals surface area contributed by atoms with E-state index in [1.165, 1.54) is 12.1 Å². The van der Waals surface area contributed by atoms with Crippen molar-refractivity contribution in [2.24, 2.45) is 0 Å². The number of ketones is 1. The summed E-state index contributed by atoms with van der Waals surface area (Å²) in [5.74, 6) is -1.45. The van der Waals surface area contributed by atoms with E-state index in [0.29, 0.717) is 0 Å². The third-order valence-corrected chi connectivity index (χ3v) is 4.33. The van der Waals surface area contributed by atoms with E-state index in [4.69, 9.17) is 21.1 Å². The number of alkyl carbamates (subject to hydrolysis) is 1. The summed E-state index contributed by atoms with van der Waals surface area (Å²) in [6.07, 6.45) is -1.44. The van der Waals surface area contributed by atoms with E-state index in [9.17, 15) is 18.8 Å². The number of Topliss-reactive ketones (excluding diaryl/α,β-unsaturated/α-hetero) is 1. The summed E-state index contributed by atoms with van der Waals surface area (Å²) in [6, 6.07) is 1.94. The van der Waals surface area contributed by atoms with Gasteiger partial charge in [0.15, 0.2) is 5.78 Å². The van der Waals surface area contributed by atoms with Gasteiger partial charge in [-0.05, 0) is 76.5 Å². The molecule has 31 heavy (non-hydrogen) atoms. The van der Waals surface area contributed by atoms with Gasteiger partial charge in [-0.1, -0.05) is 11.6 Å². The maximum Gasteiger partial charge on any atom is 0.410 e. The summed E-state index contributed by atoms with van der Waals surface area (Å²) in [5.41, 5.74) is -1.77. The first-order valence-corrected chi connectivity index (χ1v) is 10.8. The molecule has 0 fully saturated rings. The van der Waals surface area contributed by atoms with Crippen LogP contribution >= 0.6 is 27.5 Å². The van der Waals surface area contributed by atoms with Crippen LogP contribution in [0.1, 0.15) is 58.8 Å². The zero-order chi connectivity index (χ0) is 24.1. The number of rotatable bonds is 6. The number of nitrogens with one attached hydrogen (secondary N) is 1. The number of hydrogen-bond acceptors (Lipinski definition) is 5. The van der Waals surface area contributed by atoms with E-state index in [1.807, 2.05) is 0 Å². The predicted molar refractivity (Wildman–Crippen MR) is 120 cm³/mol. The summed E-state index contributed by atoms with van der Waals surface area (Å²) >= 11 is 8.94. The smallest absolute Gasteiger partial charge is 0.410 e. The summed E-state index contributed by atoms with van der Waals surface area (Å²) in [5, 5.41) is 2.77. The van der Waals surface area contributed by atoms with Gasteiger partial charge in [0.1, 0.15) is 17.0 Å². The van der Waals surface area contributed by atoms with Crippen LogP contribution in [0.25, 0.3) is 0 Å². The van der Waals surface area contributed by atoms with Crippen molar-refractivity contribution in [3.8, 4) is 0 Å². The molecule has 1 aromatic carbocycles. The van der Waals surface area contributed by atoms with Crippen molar-refractivity contribution in [2.75, 3.05) is 13.1 Å². The molecular formula is C21H29BrClFN2O5. The molecule has 0 aliphatic carbocycles. The molecule has 0 aliphatic heterocycles. The van der Waals surface area contributed by atoms with E-state index in [0.717, 1.165) is 4.90 Å². The third kappa shape index (κ3) is 9.86. The second kappa shape index (κ2) is 10.6. The van der Waals surface area contributed by atoms with Gasteiger partial charge in [-0.2, -0.15) is 0 Å². The number of carbonyl (C=O) groups is 3. The number of benzene rings is 1. The van der Waals surface area contributed by atoms with Crippen molar-refractivity contribution in [3.05, 3.63) is 33.0 Å². The minimum absolute atomic E-state index is 0.0344. The fourth-order valence-corrected chi connectivity index (χ4v) is 3.24. The zero-order valence-electron chi connectivity index (χ0n) is 18.8. The summed E-state index contributed by atoms with van der Waals surface area (Å²) in [6.45, 7) is 11.3. The maximum absolute atomic E-state index is 14.4. The van der Waals surface area contributed by atoms with E-state index in [-0.39, 0.29) is 21.6 Å². The van der Waals surface area contributed by atoms with Crippen molar-refractivity contribution < 1.29 is 28.2 Å². The first kappa shape index (κ1) is 27.2. The molecular weight excluding hydrogens is 495 g/mol. The molecule has 0 spiro atoms. The number of hydrogen-bond donors (Lipinski definition) is 1. The Morgan fingerprint density at radius 2 is 1.68 bits per heavy atom. The molecule has 1 N–H and O–H groups in total. The Hall–Kier alpha value is -1.87. The van der Waals surface area contributed by atoms with Crippen molar-refractivity contribution in [2.45, 2.75) is 65.7 Å². The lowest BCUT2D eigenvalue weighted by Crippen LogP contribution is -2.48. The SMILES string of the molecule is C[C@H](CN(CC(=O)c1cc(Cl)cc(Br)c1F)C(=O)OC(C)(C)C)NC(=O)OC(C)(C)C. The number of carbonyl (C=O) groups excluding carboxylic acids is 3. The van der Waals surface area contributed by atoms with Gasteiger partial charge in [0.25, 0.3) is 0 Å². The molecule has 10 heteroatoms. The molecule has 1 atom stereocenters. The van der Waals surface area contributed by atoms with Crippen LogP contribution in [0.5, 0.6) is 0 Å². The number of amides is 2. The highest BCUT2D eigenvalue weighted by Gasteiger charge is 2.28. The first-order chi connectivity index (χ1) is 14.0. The second-order valence-corrected chi connectivity index (χ2v) is 10.4. The van der Waals surface area contributed by atoms with Gasteiger partial charge in [-0.15, -0.1) is 0 Å². The Bertz CT molecular complexity index is 836. The Morgan fingerprint density at radius 3 is 2.19 bits per heavy atom. The van der Waals surface area contributed by atoms with Crippen molar-refractivity contribution in [1.29, 1.82) is 0 Å². The fourth-order valence-electron chi connectivity index (χ4n) is 2.43. The lowest BCUT2D eigenvalue weighted by Gasteiger charge is -2.29. The molecule has 1 aromatic rings. The molecule has 0 bridgehead atoms. The lowest BCUT2D eigenvalue weighted by molar-refractivity contribution is 0.0217. The highest BCUT2D eigenvalue weighted by molar-refractivity contribution is 9.10. The fraction of sp³-hybridized carbons (Fsp3) is 0.571. The molecule has 2 amide bonds. The van der Waals surface area contributed by atoms with E-state index < -0.39 is 47.6 Å². The quantitative estimate of drug-likeness (QED) is 0.389. The Balaban J connectivity index is 3.03. The van der Waals surface area contributed by atoms with E-state index in [2.05, 4.69) is 21.2 Å². The zero-order valence-corrected chi connectivity index (χ0v) is 21.1. The molecule has 174 valence electrons. The highest BCUT2D eigenvalue weighted by atomic mass is 79.9. The molecule has 0 heterocycles.